The second kappa shape index (κ2) is 22.0. The minimum atomic E-state index is -4.32. The lowest BCUT2D eigenvalue weighted by molar-refractivity contribution is -0.150. The van der Waals surface area contributed by atoms with E-state index in [1.165, 1.54) is 31.3 Å². The molecule has 0 spiro atoms. The number of aryl methyl sites for hydroxylation is 6. The Bertz CT molecular complexity index is 2580. The smallest absolute Gasteiger partial charge is 0.410 e. The molecule has 4 unspecified atom stereocenters. The van der Waals surface area contributed by atoms with Crippen LogP contribution < -0.4 is 20.7 Å². The van der Waals surface area contributed by atoms with E-state index in [-0.39, 0.29) is 24.5 Å². The maximum atomic E-state index is 12.5. The number of ether oxygens (including phenoxy) is 1. The molecule has 4 atom stereocenters. The number of carbonyl (C=O) groups is 2. The number of halogens is 4. The molecule has 1 aromatic carbocycles. The molecule has 1 saturated heterocycles. The van der Waals surface area contributed by atoms with Crippen LogP contribution in [0.2, 0.25) is 0 Å². The first-order valence-corrected chi connectivity index (χ1v) is 22.5. The zero-order valence-corrected chi connectivity index (χ0v) is 39.8. The van der Waals surface area contributed by atoms with E-state index in [9.17, 15) is 22.8 Å². The number of amides is 2. The summed E-state index contributed by atoms with van der Waals surface area (Å²) in [6, 6.07) is 8.69. The van der Waals surface area contributed by atoms with Gasteiger partial charge in [0.15, 0.2) is 0 Å². The van der Waals surface area contributed by atoms with Crippen LogP contribution in [0.3, 0.4) is 0 Å². The van der Waals surface area contributed by atoms with Crippen LogP contribution in [0.1, 0.15) is 98.6 Å². The van der Waals surface area contributed by atoms with Gasteiger partial charge in [-0.1, -0.05) is 30.4 Å². The molecule has 1 saturated carbocycles. The molecular weight excluding hydrogens is 885 g/mol. The highest BCUT2D eigenvalue weighted by Crippen LogP contribution is 2.44. The van der Waals surface area contributed by atoms with Crippen LogP contribution in [0.25, 0.3) is 11.1 Å². The van der Waals surface area contributed by atoms with Crippen molar-refractivity contribution in [3.05, 3.63) is 101 Å². The predicted molar refractivity (Wildman–Crippen MR) is 254 cm³/mol. The zero-order valence-electron chi connectivity index (χ0n) is 39.0. The fourth-order valence-electron chi connectivity index (χ4n) is 9.18. The van der Waals surface area contributed by atoms with Gasteiger partial charge in [0, 0.05) is 57.9 Å². The minimum absolute atomic E-state index is 0. The Morgan fingerprint density at radius 1 is 0.791 bits per heavy atom. The molecule has 0 radical (unpaired) electrons. The number of carbonyl (C=O) groups excluding carboxylic acids is 2. The topological polar surface area (TPSA) is 170 Å². The number of hydrogen-bond acceptors (Lipinski definition) is 11. The summed E-state index contributed by atoms with van der Waals surface area (Å²) in [7, 11) is 3.76. The molecule has 4 bridgehead atoms. The summed E-state index contributed by atoms with van der Waals surface area (Å²) in [4.78, 5) is 43.3. The van der Waals surface area contributed by atoms with E-state index in [0.29, 0.717) is 30.6 Å². The molecule has 15 nitrogen and oxygen atoms in total. The summed E-state index contributed by atoms with van der Waals surface area (Å²) in [5.74, 6) is 2.85. The fraction of sp³-hybridized carbons (Fsp3) is 0.458. The Hall–Kier alpha value is -6.30. The molecule has 4 aromatic heterocycles. The van der Waals surface area contributed by atoms with Gasteiger partial charge in [0.05, 0.1) is 46.6 Å². The molecule has 2 amide bonds. The van der Waals surface area contributed by atoms with Crippen LogP contribution in [0, 0.1) is 39.5 Å². The minimum Gasteiger partial charge on any atom is -0.410 e. The van der Waals surface area contributed by atoms with Gasteiger partial charge < -0.3 is 25.6 Å². The number of rotatable bonds is 10. The van der Waals surface area contributed by atoms with E-state index in [0.717, 1.165) is 75.5 Å². The van der Waals surface area contributed by atoms with Gasteiger partial charge in [-0.05, 0) is 126 Å². The largest absolute Gasteiger partial charge is 0.412 e. The van der Waals surface area contributed by atoms with Gasteiger partial charge >= 0.3 is 12.3 Å². The van der Waals surface area contributed by atoms with Crippen molar-refractivity contribution >= 4 is 58.8 Å². The number of alkyl halides is 3. The Morgan fingerprint density at radius 3 is 1.88 bits per heavy atom. The van der Waals surface area contributed by atoms with Crippen LogP contribution in [0.15, 0.2) is 67.3 Å². The van der Waals surface area contributed by atoms with E-state index in [1.54, 1.807) is 32.6 Å². The van der Waals surface area contributed by atoms with Crippen molar-refractivity contribution in [3.8, 4) is 5.75 Å². The van der Waals surface area contributed by atoms with Crippen LogP contribution in [-0.4, -0.2) is 81.2 Å². The van der Waals surface area contributed by atoms with E-state index in [1.807, 2.05) is 84.7 Å². The Balaban J connectivity index is 0.000000180. The second-order valence-corrected chi connectivity index (χ2v) is 17.5. The van der Waals surface area contributed by atoms with Gasteiger partial charge in [0.1, 0.15) is 5.75 Å². The monoisotopic (exact) mass is 944 g/mol. The zero-order chi connectivity index (χ0) is 47.1. The third-order valence-corrected chi connectivity index (χ3v) is 12.2. The summed E-state index contributed by atoms with van der Waals surface area (Å²) < 4.78 is 46.0. The normalized spacial score (nSPS) is 19.1. The first-order chi connectivity index (χ1) is 31.5. The molecule has 67 heavy (non-hydrogen) atoms. The molecule has 5 aromatic rings. The standard InChI is InChI=1S/C21H25F3N6O.C18H23N5.C9H11NO2.ClH/c1-12-10-25-20(26-17-11-29(3)28-13(17)2)27-19(12)14-8-15-4-5-16(9-14)30(15)18(31)6-7-21(22,23)24;1-11-9-19-18(20-16-10-23(3)22-12(16)2)21-17(11)15-7-13-4-5-14(6-13)8-15;1-2-10-9(11)12-8-6-4-3-5-7-8;/h8,10-11,15-16H,4-7,9H2,1-3H3,(H,25,26,27);7,9-10,13-14H,4-6,8H2,1-3H3,(H,19,20,21);3-7H,2H2,1H3,(H,10,11);1H. The Morgan fingerprint density at radius 2 is 1.37 bits per heavy atom. The molecule has 9 rings (SSSR count). The van der Waals surface area contributed by atoms with Crippen LogP contribution >= 0.6 is 12.4 Å². The number of allylic oxidation sites excluding steroid dienone is 2. The lowest BCUT2D eigenvalue weighted by Crippen LogP contribution is -2.43. The molecule has 2 aliphatic carbocycles. The van der Waals surface area contributed by atoms with Gasteiger partial charge in [-0.25, -0.2) is 24.7 Å². The van der Waals surface area contributed by atoms with E-state index >= 15 is 0 Å². The van der Waals surface area contributed by atoms with E-state index < -0.39 is 31.0 Å². The molecule has 358 valence electrons. The van der Waals surface area contributed by atoms with Gasteiger partial charge in [-0.3, -0.25) is 14.2 Å². The van der Waals surface area contributed by atoms with Crippen molar-refractivity contribution in [2.45, 2.75) is 111 Å². The number of nitrogens with zero attached hydrogens (tertiary/aromatic N) is 9. The number of hydrogen-bond donors (Lipinski definition) is 3. The van der Waals surface area contributed by atoms with E-state index in [4.69, 9.17) is 14.7 Å². The summed E-state index contributed by atoms with van der Waals surface area (Å²) in [6.45, 7) is 10.3. The first kappa shape index (κ1) is 50.1. The number of benzene rings is 1. The van der Waals surface area contributed by atoms with Gasteiger partial charge in [0.2, 0.25) is 17.8 Å². The lowest BCUT2D eigenvalue weighted by atomic mass is 9.87. The van der Waals surface area contributed by atoms with E-state index in [2.05, 4.69) is 49.1 Å². The van der Waals surface area contributed by atoms with Crippen LogP contribution in [0.4, 0.5) is 41.2 Å². The molecule has 19 heteroatoms. The van der Waals surface area contributed by atoms with Crippen molar-refractivity contribution in [2.24, 2.45) is 25.9 Å². The lowest BCUT2D eigenvalue weighted by Gasteiger charge is -2.34. The van der Waals surface area contributed by atoms with Gasteiger partial charge in [-0.15, -0.1) is 12.4 Å². The SMILES string of the molecule is CCNC(=O)Oc1ccccc1.Cc1cnc(Nc2cn(C)nc2C)nc1C1=CC2CCC(C1)C2.Cc1cnc(Nc2cn(C)nc2C)nc1C1=CC2CCC(C1)N2C(=O)CCC(F)(F)F.Cl. The molecule has 2 fully saturated rings. The Labute approximate surface area is 395 Å². The first-order valence-electron chi connectivity index (χ1n) is 22.5. The third kappa shape index (κ3) is 13.2. The van der Waals surface area contributed by atoms with Crippen molar-refractivity contribution in [1.29, 1.82) is 0 Å². The fourth-order valence-corrected chi connectivity index (χ4v) is 9.18. The highest BCUT2D eigenvalue weighted by molar-refractivity contribution is 5.85. The maximum absolute atomic E-state index is 12.5. The number of aromatic nitrogens is 8. The summed E-state index contributed by atoms with van der Waals surface area (Å²) >= 11 is 0. The molecular formula is C48H60ClF3N12O3. The third-order valence-electron chi connectivity index (χ3n) is 12.2. The van der Waals surface area contributed by atoms with Gasteiger partial charge in [0.25, 0.3) is 0 Å². The number of fused-ring (bicyclic) bond motifs is 4. The average Bonchev–Trinajstić information content (AvgIpc) is 3.98. The highest BCUT2D eigenvalue weighted by atomic mass is 35.5. The predicted octanol–water partition coefficient (Wildman–Crippen LogP) is 10.1. The number of para-hydroxylation sites is 1. The van der Waals surface area contributed by atoms with Crippen LogP contribution in [-0.2, 0) is 18.9 Å². The Kier molecular flexibility index (Phi) is 16.5. The van der Waals surface area contributed by atoms with Crippen molar-refractivity contribution in [1.82, 2.24) is 49.7 Å². The van der Waals surface area contributed by atoms with Crippen LogP contribution in [0.5, 0.6) is 5.75 Å². The highest BCUT2D eigenvalue weighted by Gasteiger charge is 2.41. The molecule has 4 aliphatic rings. The maximum Gasteiger partial charge on any atom is 0.412 e. The van der Waals surface area contributed by atoms with Gasteiger partial charge in [-0.2, -0.15) is 23.4 Å². The molecule has 6 heterocycles. The van der Waals surface area contributed by atoms with Crippen molar-refractivity contribution in [2.75, 3.05) is 17.2 Å². The average molecular weight is 946 g/mol. The molecule has 3 N–H and O–H groups in total. The van der Waals surface area contributed by atoms with Crippen molar-refractivity contribution < 1.29 is 27.5 Å². The summed E-state index contributed by atoms with van der Waals surface area (Å²) in [5.41, 5.74) is 9.97. The van der Waals surface area contributed by atoms with Crippen molar-refractivity contribution in [3.63, 3.8) is 0 Å². The summed E-state index contributed by atoms with van der Waals surface area (Å²) in [5, 5.41) is 17.7. The molecule has 2 aliphatic heterocycles. The number of nitrogens with one attached hydrogen (secondary N) is 3. The number of anilines is 4. The second-order valence-electron chi connectivity index (χ2n) is 17.5. The summed E-state index contributed by atoms with van der Waals surface area (Å²) in [6.07, 6.45) is 13.0. The quantitative estimate of drug-likeness (QED) is 0.122.